The number of H-pyrrole nitrogens is 1. The van der Waals surface area contributed by atoms with Crippen molar-refractivity contribution in [2.45, 2.75) is 39.2 Å². The molecule has 0 saturated carbocycles. The number of hydrogen-bond acceptors (Lipinski definition) is 4. The maximum atomic E-state index is 12.0. The van der Waals surface area contributed by atoms with E-state index in [1.807, 2.05) is 13.8 Å². The number of nitrogens with zero attached hydrogens (tertiary/aromatic N) is 1. The van der Waals surface area contributed by atoms with E-state index >= 15 is 0 Å². The van der Waals surface area contributed by atoms with Crippen molar-refractivity contribution in [2.75, 3.05) is 26.4 Å². The van der Waals surface area contributed by atoms with Gasteiger partial charge in [-0.1, -0.05) is 0 Å². The highest BCUT2D eigenvalue weighted by atomic mass is 16.5. The number of aromatic amines is 1. The van der Waals surface area contributed by atoms with Gasteiger partial charge in [-0.2, -0.15) is 5.10 Å². The van der Waals surface area contributed by atoms with Crippen LogP contribution >= 0.6 is 0 Å². The molecule has 1 aliphatic rings. The number of carbonyl (C=O) groups excluding carboxylic acids is 1. The summed E-state index contributed by atoms with van der Waals surface area (Å²) >= 11 is 0. The summed E-state index contributed by atoms with van der Waals surface area (Å²) in [6.45, 7) is 6.43. The van der Waals surface area contributed by atoms with E-state index in [2.05, 4.69) is 15.5 Å². The van der Waals surface area contributed by atoms with Crippen LogP contribution in [0.3, 0.4) is 0 Å². The standard InChI is InChI=1S/C14H23N3O3/c1-10-13(11(2)17-16-10)14(18)15-6-4-7-19-9-12-5-3-8-20-12/h12H,3-9H2,1-2H3,(H,15,18)(H,16,17). The summed E-state index contributed by atoms with van der Waals surface area (Å²) in [6.07, 6.45) is 3.29. The highest BCUT2D eigenvalue weighted by Crippen LogP contribution is 2.12. The van der Waals surface area contributed by atoms with E-state index in [0.29, 0.717) is 25.3 Å². The molecule has 6 nitrogen and oxygen atoms in total. The van der Waals surface area contributed by atoms with Gasteiger partial charge >= 0.3 is 0 Å². The van der Waals surface area contributed by atoms with Crippen molar-refractivity contribution in [3.05, 3.63) is 17.0 Å². The van der Waals surface area contributed by atoms with Crippen molar-refractivity contribution in [1.29, 1.82) is 0 Å². The molecular weight excluding hydrogens is 258 g/mol. The van der Waals surface area contributed by atoms with Crippen molar-refractivity contribution >= 4 is 5.91 Å². The first-order valence-electron chi connectivity index (χ1n) is 7.17. The lowest BCUT2D eigenvalue weighted by Crippen LogP contribution is -2.26. The second-order valence-corrected chi connectivity index (χ2v) is 5.13. The Bertz CT molecular complexity index is 419. The molecule has 0 aliphatic carbocycles. The minimum absolute atomic E-state index is 0.0760. The third-order valence-corrected chi connectivity index (χ3v) is 3.43. The van der Waals surface area contributed by atoms with Gasteiger partial charge in [-0.15, -0.1) is 0 Å². The summed E-state index contributed by atoms with van der Waals surface area (Å²) in [4.78, 5) is 12.0. The maximum absolute atomic E-state index is 12.0. The minimum atomic E-state index is -0.0760. The molecule has 0 aromatic carbocycles. The van der Waals surface area contributed by atoms with Gasteiger partial charge in [0.25, 0.3) is 5.91 Å². The molecule has 0 bridgehead atoms. The second-order valence-electron chi connectivity index (χ2n) is 5.13. The molecule has 1 amide bonds. The molecule has 20 heavy (non-hydrogen) atoms. The first-order valence-corrected chi connectivity index (χ1v) is 7.17. The van der Waals surface area contributed by atoms with Gasteiger partial charge in [-0.3, -0.25) is 9.89 Å². The Hall–Kier alpha value is -1.40. The van der Waals surface area contributed by atoms with Crippen molar-refractivity contribution in [2.24, 2.45) is 0 Å². The summed E-state index contributed by atoms with van der Waals surface area (Å²) < 4.78 is 11.0. The molecule has 112 valence electrons. The van der Waals surface area contributed by atoms with Gasteiger partial charge in [0.1, 0.15) is 0 Å². The molecule has 1 aliphatic heterocycles. The van der Waals surface area contributed by atoms with E-state index in [1.165, 1.54) is 0 Å². The van der Waals surface area contributed by atoms with Crippen LogP contribution in [0.5, 0.6) is 0 Å². The van der Waals surface area contributed by atoms with Gasteiger partial charge < -0.3 is 14.8 Å². The van der Waals surface area contributed by atoms with Crippen LogP contribution in [-0.2, 0) is 9.47 Å². The van der Waals surface area contributed by atoms with Crippen molar-refractivity contribution in [3.8, 4) is 0 Å². The Labute approximate surface area is 119 Å². The monoisotopic (exact) mass is 281 g/mol. The second kappa shape index (κ2) is 7.40. The average molecular weight is 281 g/mol. The van der Waals surface area contributed by atoms with E-state index in [-0.39, 0.29) is 12.0 Å². The Morgan fingerprint density at radius 3 is 3.05 bits per heavy atom. The number of aromatic nitrogens is 2. The molecular formula is C14H23N3O3. The predicted octanol–water partition coefficient (Wildman–Crippen LogP) is 1.34. The topological polar surface area (TPSA) is 76.2 Å². The Kier molecular flexibility index (Phi) is 5.55. The molecule has 1 fully saturated rings. The van der Waals surface area contributed by atoms with Crippen LogP contribution < -0.4 is 5.32 Å². The maximum Gasteiger partial charge on any atom is 0.255 e. The van der Waals surface area contributed by atoms with E-state index in [4.69, 9.17) is 9.47 Å². The third-order valence-electron chi connectivity index (χ3n) is 3.43. The van der Waals surface area contributed by atoms with E-state index < -0.39 is 0 Å². The van der Waals surface area contributed by atoms with E-state index in [1.54, 1.807) is 0 Å². The zero-order chi connectivity index (χ0) is 14.4. The summed E-state index contributed by atoms with van der Waals surface area (Å²) in [6, 6.07) is 0. The summed E-state index contributed by atoms with van der Waals surface area (Å²) in [7, 11) is 0. The Morgan fingerprint density at radius 1 is 1.55 bits per heavy atom. The van der Waals surface area contributed by atoms with E-state index in [9.17, 15) is 4.79 Å². The summed E-state index contributed by atoms with van der Waals surface area (Å²) in [5.41, 5.74) is 2.18. The number of amides is 1. The van der Waals surface area contributed by atoms with Crippen molar-refractivity contribution in [3.63, 3.8) is 0 Å². The van der Waals surface area contributed by atoms with Crippen LogP contribution in [0.25, 0.3) is 0 Å². The number of carbonyl (C=O) groups is 1. The summed E-state index contributed by atoms with van der Waals surface area (Å²) in [5, 5.41) is 9.71. The van der Waals surface area contributed by atoms with Crippen molar-refractivity contribution in [1.82, 2.24) is 15.5 Å². The van der Waals surface area contributed by atoms with Gasteiger partial charge in [0.15, 0.2) is 0 Å². The lowest BCUT2D eigenvalue weighted by Gasteiger charge is -2.10. The lowest BCUT2D eigenvalue weighted by molar-refractivity contribution is 0.0166. The highest BCUT2D eigenvalue weighted by molar-refractivity contribution is 5.96. The average Bonchev–Trinajstić information content (AvgIpc) is 3.04. The molecule has 1 unspecified atom stereocenters. The van der Waals surface area contributed by atoms with Crippen LogP contribution in [0.15, 0.2) is 0 Å². The van der Waals surface area contributed by atoms with Crippen molar-refractivity contribution < 1.29 is 14.3 Å². The predicted molar refractivity (Wildman–Crippen MR) is 74.8 cm³/mol. The quantitative estimate of drug-likeness (QED) is 0.740. The Morgan fingerprint density at radius 2 is 2.40 bits per heavy atom. The number of rotatable bonds is 7. The van der Waals surface area contributed by atoms with Crippen LogP contribution in [0.1, 0.15) is 41.0 Å². The molecule has 2 N–H and O–H groups in total. The zero-order valence-electron chi connectivity index (χ0n) is 12.2. The fraction of sp³-hybridized carbons (Fsp3) is 0.714. The molecule has 6 heteroatoms. The van der Waals surface area contributed by atoms with Gasteiger partial charge in [-0.05, 0) is 33.1 Å². The molecule has 1 aromatic rings. The van der Waals surface area contributed by atoms with E-state index in [0.717, 1.165) is 37.3 Å². The van der Waals surface area contributed by atoms with Gasteiger partial charge in [0, 0.05) is 25.5 Å². The number of nitrogens with one attached hydrogen (secondary N) is 2. The summed E-state index contributed by atoms with van der Waals surface area (Å²) in [5.74, 6) is -0.0760. The number of aryl methyl sites for hydroxylation is 2. The smallest absolute Gasteiger partial charge is 0.255 e. The molecule has 2 heterocycles. The molecule has 1 aromatic heterocycles. The fourth-order valence-electron chi connectivity index (χ4n) is 2.34. The van der Waals surface area contributed by atoms with Crippen LogP contribution in [0.4, 0.5) is 0 Å². The van der Waals surface area contributed by atoms with Gasteiger partial charge in [-0.25, -0.2) is 0 Å². The fourth-order valence-corrected chi connectivity index (χ4v) is 2.34. The molecule has 2 rings (SSSR count). The van der Waals surface area contributed by atoms with Gasteiger partial charge in [0.05, 0.1) is 24.0 Å². The number of ether oxygens (including phenoxy) is 2. The van der Waals surface area contributed by atoms with Crippen LogP contribution in [-0.4, -0.2) is 48.6 Å². The molecule has 0 spiro atoms. The lowest BCUT2D eigenvalue weighted by atomic mass is 10.2. The highest BCUT2D eigenvalue weighted by Gasteiger charge is 2.16. The first-order chi connectivity index (χ1) is 9.68. The van der Waals surface area contributed by atoms with Gasteiger partial charge in [0.2, 0.25) is 0 Å². The zero-order valence-corrected chi connectivity index (χ0v) is 12.2. The van der Waals surface area contributed by atoms with Crippen LogP contribution in [0.2, 0.25) is 0 Å². The molecule has 1 atom stereocenters. The number of hydrogen-bond donors (Lipinski definition) is 2. The largest absolute Gasteiger partial charge is 0.379 e. The normalized spacial score (nSPS) is 18.4. The molecule has 1 saturated heterocycles. The minimum Gasteiger partial charge on any atom is -0.379 e. The van der Waals surface area contributed by atoms with Crippen LogP contribution in [0, 0.1) is 13.8 Å². The first kappa shape index (κ1) is 15.0. The Balaban J connectivity index is 1.57. The molecule has 0 radical (unpaired) electrons. The third kappa shape index (κ3) is 4.05. The SMILES string of the molecule is Cc1n[nH]c(C)c1C(=O)NCCCOCC1CCCO1.